The number of phosphoric acid groups is 1. The Bertz CT molecular complexity index is 770. The number of benzene rings is 1. The first-order valence-electron chi connectivity index (χ1n) is 9.63. The highest BCUT2D eigenvalue weighted by molar-refractivity contribution is 7.45. The van der Waals surface area contributed by atoms with Gasteiger partial charge in [-0.05, 0) is 55.0 Å². The molecule has 3 N–H and O–H groups in total. The van der Waals surface area contributed by atoms with Gasteiger partial charge in [0.2, 0.25) is 0 Å². The number of likely N-dealkylation sites (tertiary alicyclic amines) is 1. The lowest BCUT2D eigenvalue weighted by atomic mass is 10.0. The number of pyridine rings is 1. The topological polar surface area (TPSA) is 117 Å². The van der Waals surface area contributed by atoms with Gasteiger partial charge < -0.3 is 29.5 Å². The first-order valence-corrected chi connectivity index (χ1v) is 11.2. The molecule has 0 aliphatic carbocycles. The van der Waals surface area contributed by atoms with E-state index in [4.69, 9.17) is 24.0 Å². The normalized spacial score (nSPS) is 17.3. The van der Waals surface area contributed by atoms with Crippen LogP contribution < -0.4 is 9.47 Å². The predicted octanol–water partition coefficient (Wildman–Crippen LogP) is 2.56. The van der Waals surface area contributed by atoms with E-state index in [9.17, 15) is 5.21 Å². The average molecular weight is 424 g/mol. The summed E-state index contributed by atoms with van der Waals surface area (Å²) in [5.41, 5.74) is 2.12. The van der Waals surface area contributed by atoms with Crippen LogP contribution in [-0.2, 0) is 4.57 Å². The molecule has 8 nitrogen and oxygen atoms in total. The van der Waals surface area contributed by atoms with Crippen molar-refractivity contribution in [3.63, 3.8) is 0 Å². The Balaban J connectivity index is 0.000000537. The summed E-state index contributed by atoms with van der Waals surface area (Å²) in [5.74, 6) is 1.74. The summed E-state index contributed by atoms with van der Waals surface area (Å²) in [5, 5.41) is 11.1. The molecule has 9 heteroatoms. The van der Waals surface area contributed by atoms with Gasteiger partial charge in [-0.3, -0.25) is 0 Å². The Morgan fingerprint density at radius 1 is 1.14 bits per heavy atom. The molecule has 0 spiro atoms. The minimum absolute atomic E-state index is 0.756. The zero-order chi connectivity index (χ0) is 21.3. The summed E-state index contributed by atoms with van der Waals surface area (Å²) >= 11 is 0. The van der Waals surface area contributed by atoms with Gasteiger partial charge in [-0.1, -0.05) is 19.1 Å². The van der Waals surface area contributed by atoms with Crippen LogP contribution in [0.3, 0.4) is 0 Å². The molecule has 2 heterocycles. The van der Waals surface area contributed by atoms with Crippen molar-refractivity contribution in [2.24, 2.45) is 5.92 Å². The third-order valence-electron chi connectivity index (χ3n) is 4.62. The molecule has 0 bridgehead atoms. The molecule has 1 saturated heterocycles. The van der Waals surface area contributed by atoms with Crippen LogP contribution in [0.25, 0.3) is 11.1 Å². The van der Waals surface area contributed by atoms with Gasteiger partial charge in [0.15, 0.2) is 12.4 Å². The molecule has 0 saturated carbocycles. The van der Waals surface area contributed by atoms with Gasteiger partial charge in [-0.2, -0.15) is 4.73 Å². The molecule has 2 aromatic rings. The smallest absolute Gasteiger partial charge is 0.466 e. The molecular formula is C20H29N2O6P. The first-order chi connectivity index (χ1) is 13.7. The maximum atomic E-state index is 11.1. The number of ether oxygens (including phenoxy) is 1. The molecule has 1 aromatic carbocycles. The van der Waals surface area contributed by atoms with Crippen molar-refractivity contribution in [2.75, 3.05) is 26.2 Å². The van der Waals surface area contributed by atoms with Crippen molar-refractivity contribution in [1.82, 2.24) is 4.90 Å². The maximum absolute atomic E-state index is 11.1. The van der Waals surface area contributed by atoms with Crippen molar-refractivity contribution >= 4 is 7.82 Å². The van der Waals surface area contributed by atoms with Gasteiger partial charge >= 0.3 is 7.82 Å². The van der Waals surface area contributed by atoms with E-state index in [1.807, 2.05) is 36.4 Å². The zero-order valence-electron chi connectivity index (χ0n) is 16.6. The van der Waals surface area contributed by atoms with Gasteiger partial charge in [0.1, 0.15) is 5.75 Å². The van der Waals surface area contributed by atoms with Crippen LogP contribution in [0.15, 0.2) is 48.8 Å². The van der Waals surface area contributed by atoms with Crippen molar-refractivity contribution in [1.29, 1.82) is 0 Å². The molecule has 1 fully saturated rings. The number of rotatable bonds is 6. The molecule has 1 atom stereocenters. The Labute approximate surface area is 171 Å². The molecule has 1 aliphatic heterocycles. The Kier molecular flexibility index (Phi) is 9.07. The zero-order valence-corrected chi connectivity index (χ0v) is 17.4. The second kappa shape index (κ2) is 11.3. The standard InChI is InChI=1S/C20H26N2O2.H3O4P/c1-17-4-2-11-21(16-17)12-3-15-24-20-7-5-18(6-8-20)19-9-13-22(23)14-10-19;1-5(2,3)4/h5-10,13-14,17H,2-4,11-12,15-16H2,1H3;(H3,1,2,3,4)/t17-;/m0./s1. The minimum atomic E-state index is -4.64. The van der Waals surface area contributed by atoms with Gasteiger partial charge in [0, 0.05) is 25.2 Å². The summed E-state index contributed by atoms with van der Waals surface area (Å²) in [6, 6.07) is 11.7. The van der Waals surface area contributed by atoms with E-state index >= 15 is 0 Å². The summed E-state index contributed by atoms with van der Waals surface area (Å²) < 4.78 is 15.5. The lowest BCUT2D eigenvalue weighted by molar-refractivity contribution is -0.605. The quantitative estimate of drug-likeness (QED) is 0.282. The Morgan fingerprint density at radius 3 is 2.31 bits per heavy atom. The lowest BCUT2D eigenvalue weighted by Gasteiger charge is -2.30. The van der Waals surface area contributed by atoms with Gasteiger partial charge in [0.25, 0.3) is 0 Å². The van der Waals surface area contributed by atoms with Crippen molar-refractivity contribution in [2.45, 2.75) is 26.2 Å². The molecule has 0 radical (unpaired) electrons. The van der Waals surface area contributed by atoms with Gasteiger partial charge in [-0.25, -0.2) is 4.57 Å². The highest BCUT2D eigenvalue weighted by atomic mass is 31.2. The van der Waals surface area contributed by atoms with E-state index in [1.165, 1.54) is 38.3 Å². The van der Waals surface area contributed by atoms with E-state index in [0.717, 1.165) is 47.1 Å². The summed E-state index contributed by atoms with van der Waals surface area (Å²) in [4.78, 5) is 24.1. The predicted molar refractivity (Wildman–Crippen MR) is 110 cm³/mol. The van der Waals surface area contributed by atoms with Crippen LogP contribution in [0.2, 0.25) is 0 Å². The highest BCUT2D eigenvalue weighted by Crippen LogP contribution is 2.26. The second-order valence-electron chi connectivity index (χ2n) is 7.23. The summed E-state index contributed by atoms with van der Waals surface area (Å²) in [7, 11) is -4.64. The molecular weight excluding hydrogens is 395 g/mol. The van der Waals surface area contributed by atoms with E-state index in [0.29, 0.717) is 0 Å². The van der Waals surface area contributed by atoms with Gasteiger partial charge in [-0.15, -0.1) is 0 Å². The van der Waals surface area contributed by atoms with Gasteiger partial charge in [0.05, 0.1) is 6.61 Å². The summed E-state index contributed by atoms with van der Waals surface area (Å²) in [6.07, 6.45) is 6.80. The van der Waals surface area contributed by atoms with E-state index in [-0.39, 0.29) is 0 Å². The van der Waals surface area contributed by atoms with E-state index in [1.54, 1.807) is 0 Å². The minimum Gasteiger partial charge on any atom is -0.619 e. The molecule has 0 amide bonds. The molecule has 0 unspecified atom stereocenters. The maximum Gasteiger partial charge on any atom is 0.466 e. The van der Waals surface area contributed by atoms with Crippen molar-refractivity contribution < 1.29 is 28.7 Å². The first kappa shape index (κ1) is 23.3. The fourth-order valence-electron chi connectivity index (χ4n) is 3.32. The lowest BCUT2D eigenvalue weighted by Crippen LogP contribution is -2.35. The van der Waals surface area contributed by atoms with Crippen LogP contribution in [0.1, 0.15) is 26.2 Å². The fraction of sp³-hybridized carbons (Fsp3) is 0.450. The number of piperidine rings is 1. The number of nitrogens with zero attached hydrogens (tertiary/aromatic N) is 2. The van der Waals surface area contributed by atoms with Crippen molar-refractivity contribution in [3.8, 4) is 16.9 Å². The highest BCUT2D eigenvalue weighted by Gasteiger charge is 2.15. The average Bonchev–Trinajstić information content (AvgIpc) is 2.65. The molecule has 1 aliphatic rings. The SMILES string of the molecule is C[C@H]1CCCN(CCCOc2ccc(-c3cc[n+]([O-])cc3)cc2)C1.O=P(O)(O)O. The fourth-order valence-corrected chi connectivity index (χ4v) is 3.32. The Hall–Kier alpha value is -1.96. The number of aromatic nitrogens is 1. The van der Waals surface area contributed by atoms with Crippen LogP contribution >= 0.6 is 7.82 Å². The summed E-state index contributed by atoms with van der Waals surface area (Å²) in [6.45, 7) is 6.69. The van der Waals surface area contributed by atoms with E-state index < -0.39 is 7.82 Å². The monoisotopic (exact) mass is 424 g/mol. The number of hydrogen-bond donors (Lipinski definition) is 3. The van der Waals surface area contributed by atoms with E-state index in [2.05, 4.69) is 11.8 Å². The van der Waals surface area contributed by atoms with Crippen LogP contribution in [0.4, 0.5) is 0 Å². The van der Waals surface area contributed by atoms with Crippen LogP contribution in [0.5, 0.6) is 5.75 Å². The van der Waals surface area contributed by atoms with Crippen LogP contribution in [-0.4, -0.2) is 45.8 Å². The largest absolute Gasteiger partial charge is 0.619 e. The Morgan fingerprint density at radius 2 is 1.72 bits per heavy atom. The number of hydrogen-bond acceptors (Lipinski definition) is 4. The molecule has 3 rings (SSSR count). The molecule has 1 aromatic heterocycles. The third-order valence-corrected chi connectivity index (χ3v) is 4.62. The molecule has 29 heavy (non-hydrogen) atoms. The van der Waals surface area contributed by atoms with Crippen LogP contribution in [0, 0.1) is 11.1 Å². The van der Waals surface area contributed by atoms with Crippen molar-refractivity contribution in [3.05, 3.63) is 54.0 Å². The second-order valence-corrected chi connectivity index (χ2v) is 8.26. The third kappa shape index (κ3) is 9.87. The molecule has 160 valence electrons.